The van der Waals surface area contributed by atoms with Crippen LogP contribution in [0.3, 0.4) is 0 Å². The van der Waals surface area contributed by atoms with Gasteiger partial charge in [-0.05, 0) is 38.8 Å². The highest BCUT2D eigenvalue weighted by Gasteiger charge is 2.30. The minimum absolute atomic E-state index is 0.00242. The normalized spacial score (nSPS) is 18.8. The number of aryl methyl sites for hydroxylation is 1. The van der Waals surface area contributed by atoms with E-state index >= 15 is 0 Å². The van der Waals surface area contributed by atoms with Crippen molar-refractivity contribution in [3.05, 3.63) is 35.4 Å². The number of hydrogen-bond donors (Lipinski definition) is 1. The van der Waals surface area contributed by atoms with Crippen LogP contribution in [0, 0.1) is 6.92 Å². The van der Waals surface area contributed by atoms with E-state index in [-0.39, 0.29) is 12.1 Å². The molecule has 1 amide bonds. The highest BCUT2D eigenvalue weighted by atomic mass is 16.6. The van der Waals surface area contributed by atoms with Gasteiger partial charge in [0.1, 0.15) is 5.60 Å². The lowest BCUT2D eigenvalue weighted by atomic mass is 10.1. The van der Waals surface area contributed by atoms with Gasteiger partial charge in [0.2, 0.25) is 0 Å². The van der Waals surface area contributed by atoms with E-state index in [1.807, 2.05) is 32.9 Å². The molecular formula is C18H28N2O3. The van der Waals surface area contributed by atoms with E-state index in [2.05, 4.69) is 24.4 Å². The van der Waals surface area contributed by atoms with Crippen LogP contribution >= 0.6 is 0 Å². The second kappa shape index (κ2) is 7.79. The molecule has 23 heavy (non-hydrogen) atoms. The maximum absolute atomic E-state index is 12.3. The first kappa shape index (κ1) is 17.8. The Hall–Kier alpha value is -1.59. The minimum Gasteiger partial charge on any atom is -0.444 e. The van der Waals surface area contributed by atoms with Crippen molar-refractivity contribution >= 4 is 6.09 Å². The van der Waals surface area contributed by atoms with Gasteiger partial charge in [-0.3, -0.25) is 4.90 Å². The zero-order valence-electron chi connectivity index (χ0n) is 14.6. The summed E-state index contributed by atoms with van der Waals surface area (Å²) in [6.07, 6.45) is -0.261. The van der Waals surface area contributed by atoms with Crippen molar-refractivity contribution in [3.63, 3.8) is 0 Å². The first-order chi connectivity index (χ1) is 10.9. The second-order valence-corrected chi connectivity index (χ2v) is 6.96. The first-order valence-electron chi connectivity index (χ1n) is 8.19. The van der Waals surface area contributed by atoms with Crippen LogP contribution in [0.15, 0.2) is 24.3 Å². The van der Waals surface area contributed by atoms with E-state index in [4.69, 9.17) is 9.47 Å². The summed E-state index contributed by atoms with van der Waals surface area (Å²) >= 11 is 0. The molecule has 0 saturated carbocycles. The number of nitrogens with zero attached hydrogens (tertiary/aromatic N) is 1. The molecule has 1 fully saturated rings. The average molecular weight is 320 g/mol. The van der Waals surface area contributed by atoms with Gasteiger partial charge in [-0.1, -0.05) is 24.3 Å². The van der Waals surface area contributed by atoms with Gasteiger partial charge in [-0.25, -0.2) is 4.79 Å². The zero-order valence-corrected chi connectivity index (χ0v) is 14.6. The molecule has 1 aliphatic heterocycles. The smallest absolute Gasteiger partial charge is 0.410 e. The highest BCUT2D eigenvalue weighted by Crippen LogP contribution is 2.14. The van der Waals surface area contributed by atoms with Gasteiger partial charge in [0.15, 0.2) is 0 Å². The Labute approximate surface area is 139 Å². The fraction of sp³-hybridized carbons (Fsp3) is 0.611. The standard InChI is InChI=1S/C18H28N2O3/c1-14-7-5-6-8-15(14)11-19-12-16-13-22-10-9-20(16)17(21)23-18(2,3)4/h5-8,16,19H,9-13H2,1-4H3. The number of rotatable bonds is 4. The van der Waals surface area contributed by atoms with Crippen molar-refractivity contribution in [2.75, 3.05) is 26.3 Å². The molecule has 1 aromatic carbocycles. The third kappa shape index (κ3) is 5.52. The topological polar surface area (TPSA) is 50.8 Å². The van der Waals surface area contributed by atoms with Gasteiger partial charge in [0.05, 0.1) is 19.3 Å². The summed E-state index contributed by atoms with van der Waals surface area (Å²) in [6, 6.07) is 8.31. The Bertz CT molecular complexity index is 525. The maximum atomic E-state index is 12.3. The molecule has 0 aromatic heterocycles. The summed E-state index contributed by atoms with van der Waals surface area (Å²) < 4.78 is 11.0. The molecule has 0 spiro atoms. The van der Waals surface area contributed by atoms with Gasteiger partial charge >= 0.3 is 6.09 Å². The van der Waals surface area contributed by atoms with Gasteiger partial charge in [-0.2, -0.15) is 0 Å². The summed E-state index contributed by atoms with van der Waals surface area (Å²) in [5, 5.41) is 3.43. The van der Waals surface area contributed by atoms with Gasteiger partial charge < -0.3 is 14.8 Å². The molecule has 5 nitrogen and oxygen atoms in total. The lowest BCUT2D eigenvalue weighted by Gasteiger charge is -2.36. The Morgan fingerprint density at radius 1 is 1.39 bits per heavy atom. The van der Waals surface area contributed by atoms with Crippen LogP contribution in [0.4, 0.5) is 4.79 Å². The van der Waals surface area contributed by atoms with E-state index in [1.165, 1.54) is 11.1 Å². The van der Waals surface area contributed by atoms with E-state index < -0.39 is 5.60 Å². The van der Waals surface area contributed by atoms with Crippen LogP contribution < -0.4 is 5.32 Å². The van der Waals surface area contributed by atoms with Crippen molar-refractivity contribution in [2.24, 2.45) is 0 Å². The van der Waals surface area contributed by atoms with Crippen molar-refractivity contribution in [3.8, 4) is 0 Å². The quantitative estimate of drug-likeness (QED) is 0.927. The molecule has 2 rings (SSSR count). The average Bonchev–Trinajstić information content (AvgIpc) is 2.48. The number of carbonyl (C=O) groups excluding carboxylic acids is 1. The number of hydrogen-bond acceptors (Lipinski definition) is 4. The number of carbonyl (C=O) groups is 1. The summed E-state index contributed by atoms with van der Waals surface area (Å²) in [4.78, 5) is 14.1. The third-order valence-electron chi connectivity index (χ3n) is 3.81. The van der Waals surface area contributed by atoms with Crippen molar-refractivity contribution in [1.29, 1.82) is 0 Å². The molecule has 1 atom stereocenters. The van der Waals surface area contributed by atoms with Gasteiger partial charge in [0.25, 0.3) is 0 Å². The van der Waals surface area contributed by atoms with Crippen LogP contribution in [0.25, 0.3) is 0 Å². The molecule has 0 radical (unpaired) electrons. The fourth-order valence-electron chi connectivity index (χ4n) is 2.57. The Morgan fingerprint density at radius 2 is 2.13 bits per heavy atom. The molecule has 5 heteroatoms. The number of benzene rings is 1. The second-order valence-electron chi connectivity index (χ2n) is 6.96. The number of morpholine rings is 1. The van der Waals surface area contributed by atoms with Gasteiger partial charge in [0, 0.05) is 19.6 Å². The van der Waals surface area contributed by atoms with Crippen molar-refractivity contribution < 1.29 is 14.3 Å². The van der Waals surface area contributed by atoms with Crippen LogP contribution in [-0.4, -0.2) is 48.9 Å². The van der Waals surface area contributed by atoms with Crippen molar-refractivity contribution in [1.82, 2.24) is 10.2 Å². The number of amides is 1. The molecule has 128 valence electrons. The minimum atomic E-state index is -0.478. The molecule has 1 unspecified atom stereocenters. The molecule has 0 bridgehead atoms. The molecular weight excluding hydrogens is 292 g/mol. The Balaban J connectivity index is 1.89. The predicted molar refractivity (Wildman–Crippen MR) is 90.4 cm³/mol. The Kier molecular flexibility index (Phi) is 6.02. The van der Waals surface area contributed by atoms with Crippen LogP contribution in [0.5, 0.6) is 0 Å². The lowest BCUT2D eigenvalue weighted by Crippen LogP contribution is -2.54. The third-order valence-corrected chi connectivity index (χ3v) is 3.81. The van der Waals surface area contributed by atoms with E-state index in [0.29, 0.717) is 26.3 Å². The SMILES string of the molecule is Cc1ccccc1CNCC1COCCN1C(=O)OC(C)(C)C. The number of ether oxygens (including phenoxy) is 2. The van der Waals surface area contributed by atoms with Gasteiger partial charge in [-0.15, -0.1) is 0 Å². The summed E-state index contributed by atoms with van der Waals surface area (Å²) in [7, 11) is 0. The van der Waals surface area contributed by atoms with Crippen LogP contribution in [0.2, 0.25) is 0 Å². The number of nitrogens with one attached hydrogen (secondary N) is 1. The molecule has 1 heterocycles. The Morgan fingerprint density at radius 3 is 2.83 bits per heavy atom. The van der Waals surface area contributed by atoms with E-state index in [9.17, 15) is 4.79 Å². The predicted octanol–water partition coefficient (Wildman–Crippen LogP) is 2.72. The monoisotopic (exact) mass is 320 g/mol. The first-order valence-corrected chi connectivity index (χ1v) is 8.19. The lowest BCUT2D eigenvalue weighted by molar-refractivity contribution is -0.0317. The van der Waals surface area contributed by atoms with Crippen LogP contribution in [0.1, 0.15) is 31.9 Å². The fourth-order valence-corrected chi connectivity index (χ4v) is 2.57. The van der Waals surface area contributed by atoms with Crippen molar-refractivity contribution in [2.45, 2.75) is 45.9 Å². The van der Waals surface area contributed by atoms with Crippen LogP contribution in [-0.2, 0) is 16.0 Å². The maximum Gasteiger partial charge on any atom is 0.410 e. The summed E-state index contributed by atoms with van der Waals surface area (Å²) in [5.41, 5.74) is 2.06. The van der Waals surface area contributed by atoms with E-state index in [0.717, 1.165) is 6.54 Å². The molecule has 0 aliphatic carbocycles. The molecule has 1 aliphatic rings. The van der Waals surface area contributed by atoms with E-state index in [1.54, 1.807) is 4.90 Å². The molecule has 1 N–H and O–H groups in total. The highest BCUT2D eigenvalue weighted by molar-refractivity contribution is 5.68. The molecule has 1 aromatic rings. The summed E-state index contributed by atoms with van der Waals surface area (Å²) in [5.74, 6) is 0. The molecule has 1 saturated heterocycles. The summed E-state index contributed by atoms with van der Waals surface area (Å²) in [6.45, 7) is 10.9. The zero-order chi connectivity index (χ0) is 16.9. The largest absolute Gasteiger partial charge is 0.444 e.